The van der Waals surface area contributed by atoms with Crippen LogP contribution in [0, 0.1) is 6.92 Å². The van der Waals surface area contributed by atoms with Gasteiger partial charge < -0.3 is 14.2 Å². The maximum Gasteiger partial charge on any atom is 0.319 e. The van der Waals surface area contributed by atoms with Crippen LogP contribution in [-0.2, 0) is 10.0 Å². The number of ether oxygens (including phenoxy) is 3. The predicted octanol–water partition coefficient (Wildman–Crippen LogP) is 1.99. The summed E-state index contributed by atoms with van der Waals surface area (Å²) in [6.45, 7) is 2.64. The molecule has 1 atom stereocenters. The molecule has 0 saturated heterocycles. The molecule has 3 rings (SSSR count). The monoisotopic (exact) mass is 425 g/mol. The standard InChI is InChI=1S/C17H20FN5O5S/c1-10-6-5-7-12(28-9-11(2)18)14(10)29(24,25)22-16-20-15-13(26-3)8-19-17(27-4)23(15)21-16/h5-8,11H,9H2,1-4H3,(H,21,22). The van der Waals surface area contributed by atoms with E-state index >= 15 is 0 Å². The number of nitrogens with one attached hydrogen (secondary N) is 1. The highest BCUT2D eigenvalue weighted by Crippen LogP contribution is 2.29. The number of rotatable bonds is 8. The molecule has 0 aliphatic heterocycles. The number of benzene rings is 1. The molecule has 0 bridgehead atoms. The molecule has 0 spiro atoms. The molecule has 0 aliphatic carbocycles. The maximum atomic E-state index is 13.2. The first kappa shape index (κ1) is 20.6. The molecule has 29 heavy (non-hydrogen) atoms. The molecule has 2 heterocycles. The molecule has 1 aromatic carbocycles. The van der Waals surface area contributed by atoms with Crippen molar-refractivity contribution in [2.24, 2.45) is 0 Å². The zero-order chi connectivity index (χ0) is 21.2. The van der Waals surface area contributed by atoms with E-state index in [-0.39, 0.29) is 40.6 Å². The van der Waals surface area contributed by atoms with Crippen molar-refractivity contribution in [2.45, 2.75) is 24.9 Å². The molecular weight excluding hydrogens is 405 g/mol. The van der Waals surface area contributed by atoms with Crippen molar-refractivity contribution >= 4 is 21.6 Å². The number of nitrogens with zero attached hydrogens (tertiary/aromatic N) is 4. The highest BCUT2D eigenvalue weighted by atomic mass is 32.2. The van der Waals surface area contributed by atoms with E-state index in [9.17, 15) is 12.8 Å². The molecule has 0 amide bonds. The largest absolute Gasteiger partial charge is 0.491 e. The summed E-state index contributed by atoms with van der Waals surface area (Å²) in [4.78, 5) is 8.04. The average Bonchev–Trinajstić information content (AvgIpc) is 3.07. The Morgan fingerprint density at radius 3 is 2.66 bits per heavy atom. The van der Waals surface area contributed by atoms with E-state index in [1.807, 2.05) is 0 Å². The smallest absolute Gasteiger partial charge is 0.319 e. The summed E-state index contributed by atoms with van der Waals surface area (Å²) in [5.74, 6) is 0.0887. The summed E-state index contributed by atoms with van der Waals surface area (Å²) in [7, 11) is -1.33. The lowest BCUT2D eigenvalue weighted by atomic mass is 10.2. The van der Waals surface area contributed by atoms with Gasteiger partial charge in [-0.3, -0.25) is 0 Å². The molecule has 1 N–H and O–H groups in total. The Hall–Kier alpha value is -3.15. The molecule has 0 aliphatic rings. The minimum Gasteiger partial charge on any atom is -0.491 e. The first-order valence-electron chi connectivity index (χ1n) is 8.50. The summed E-state index contributed by atoms with van der Waals surface area (Å²) in [5.41, 5.74) is 0.631. The van der Waals surface area contributed by atoms with E-state index in [1.54, 1.807) is 19.1 Å². The van der Waals surface area contributed by atoms with Gasteiger partial charge in [-0.05, 0) is 25.5 Å². The van der Waals surface area contributed by atoms with Crippen LogP contribution in [0.1, 0.15) is 12.5 Å². The number of anilines is 1. The Morgan fingerprint density at radius 1 is 1.24 bits per heavy atom. The number of fused-ring (bicyclic) bond motifs is 1. The molecule has 2 aromatic heterocycles. The Morgan fingerprint density at radius 2 is 2.00 bits per heavy atom. The molecule has 0 saturated carbocycles. The average molecular weight is 425 g/mol. The summed E-state index contributed by atoms with van der Waals surface area (Å²) in [5, 5.41) is 4.08. The number of alkyl halides is 1. The second kappa shape index (κ2) is 8.07. The molecular formula is C17H20FN5O5S. The minimum absolute atomic E-state index is 0.0302. The van der Waals surface area contributed by atoms with E-state index in [1.165, 1.54) is 37.9 Å². The van der Waals surface area contributed by atoms with E-state index in [0.29, 0.717) is 5.56 Å². The summed E-state index contributed by atoms with van der Waals surface area (Å²) >= 11 is 0. The summed E-state index contributed by atoms with van der Waals surface area (Å²) < 4.78 is 58.4. The van der Waals surface area contributed by atoms with Gasteiger partial charge in [0.15, 0.2) is 5.75 Å². The predicted molar refractivity (Wildman–Crippen MR) is 102 cm³/mol. The van der Waals surface area contributed by atoms with Crippen LogP contribution in [0.4, 0.5) is 10.3 Å². The Kier molecular flexibility index (Phi) is 5.73. The first-order chi connectivity index (χ1) is 13.8. The molecule has 156 valence electrons. The normalized spacial score (nSPS) is 12.6. The number of sulfonamides is 1. The van der Waals surface area contributed by atoms with Crippen molar-refractivity contribution in [3.8, 4) is 17.5 Å². The van der Waals surface area contributed by atoms with Crippen LogP contribution in [0.2, 0.25) is 0 Å². The van der Waals surface area contributed by atoms with Crippen molar-refractivity contribution < 1.29 is 27.0 Å². The van der Waals surface area contributed by atoms with Gasteiger partial charge in [-0.1, -0.05) is 12.1 Å². The van der Waals surface area contributed by atoms with Gasteiger partial charge in [-0.25, -0.2) is 17.5 Å². The quantitative estimate of drug-likeness (QED) is 0.582. The third-order valence-electron chi connectivity index (χ3n) is 3.84. The molecule has 1 unspecified atom stereocenters. The van der Waals surface area contributed by atoms with Crippen LogP contribution in [0.5, 0.6) is 17.5 Å². The maximum absolute atomic E-state index is 13.2. The second-order valence-electron chi connectivity index (χ2n) is 6.08. The number of aromatic nitrogens is 4. The van der Waals surface area contributed by atoms with Crippen LogP contribution in [0.3, 0.4) is 0 Å². The van der Waals surface area contributed by atoms with Gasteiger partial charge in [0.1, 0.15) is 23.4 Å². The second-order valence-corrected chi connectivity index (χ2v) is 7.70. The Balaban J connectivity index is 2.02. The third-order valence-corrected chi connectivity index (χ3v) is 5.35. The number of halogens is 1. The summed E-state index contributed by atoms with van der Waals surface area (Å²) in [6.07, 6.45) is 0.124. The van der Waals surface area contributed by atoms with Gasteiger partial charge in [0.25, 0.3) is 16.0 Å². The van der Waals surface area contributed by atoms with Crippen LogP contribution < -0.4 is 18.9 Å². The Bertz CT molecular complexity index is 1090. The van der Waals surface area contributed by atoms with Gasteiger partial charge in [-0.2, -0.15) is 14.5 Å². The number of hydrogen-bond donors (Lipinski definition) is 1. The third kappa shape index (κ3) is 4.16. The highest BCUT2D eigenvalue weighted by Gasteiger charge is 2.25. The van der Waals surface area contributed by atoms with Crippen molar-refractivity contribution in [1.82, 2.24) is 19.6 Å². The molecule has 0 radical (unpaired) electrons. The first-order valence-corrected chi connectivity index (χ1v) is 9.98. The number of hydrogen-bond acceptors (Lipinski definition) is 8. The van der Waals surface area contributed by atoms with E-state index < -0.39 is 16.2 Å². The van der Waals surface area contributed by atoms with Crippen LogP contribution in [0.15, 0.2) is 29.3 Å². The molecule has 3 aromatic rings. The lowest BCUT2D eigenvalue weighted by Gasteiger charge is -2.14. The van der Waals surface area contributed by atoms with Crippen molar-refractivity contribution in [2.75, 3.05) is 25.5 Å². The van der Waals surface area contributed by atoms with Gasteiger partial charge in [0.05, 0.1) is 20.4 Å². The highest BCUT2D eigenvalue weighted by molar-refractivity contribution is 7.92. The fourth-order valence-corrected chi connectivity index (χ4v) is 3.93. The van der Waals surface area contributed by atoms with Crippen LogP contribution in [-0.4, -0.2) is 55.0 Å². The number of methoxy groups -OCH3 is 2. The van der Waals surface area contributed by atoms with Crippen molar-refractivity contribution in [1.29, 1.82) is 0 Å². The lowest BCUT2D eigenvalue weighted by molar-refractivity contribution is 0.206. The molecule has 12 heteroatoms. The number of aryl methyl sites for hydroxylation is 1. The van der Waals surface area contributed by atoms with E-state index in [4.69, 9.17) is 14.2 Å². The van der Waals surface area contributed by atoms with Crippen molar-refractivity contribution in [3.05, 3.63) is 30.0 Å². The molecule has 0 fully saturated rings. The zero-order valence-electron chi connectivity index (χ0n) is 16.2. The topological polar surface area (TPSA) is 117 Å². The minimum atomic E-state index is -4.15. The summed E-state index contributed by atoms with van der Waals surface area (Å²) in [6, 6.07) is 4.78. The van der Waals surface area contributed by atoms with Crippen molar-refractivity contribution in [3.63, 3.8) is 0 Å². The fourth-order valence-electron chi connectivity index (χ4n) is 2.62. The zero-order valence-corrected chi connectivity index (χ0v) is 17.0. The van der Waals surface area contributed by atoms with Gasteiger partial charge in [0.2, 0.25) is 5.65 Å². The van der Waals surface area contributed by atoms with Crippen LogP contribution >= 0.6 is 0 Å². The SMILES string of the molecule is COc1cnc(OC)n2nc(NS(=O)(=O)c3c(C)cccc3OCC(C)F)nc12. The van der Waals surface area contributed by atoms with Gasteiger partial charge in [0, 0.05) is 0 Å². The van der Waals surface area contributed by atoms with E-state index in [2.05, 4.69) is 19.8 Å². The van der Waals surface area contributed by atoms with Gasteiger partial charge >= 0.3 is 6.01 Å². The molecule has 10 nitrogen and oxygen atoms in total. The lowest BCUT2D eigenvalue weighted by Crippen LogP contribution is -2.18. The van der Waals surface area contributed by atoms with Gasteiger partial charge in [-0.15, -0.1) is 5.10 Å². The van der Waals surface area contributed by atoms with E-state index in [0.717, 1.165) is 0 Å². The Labute approximate surface area is 166 Å². The fraction of sp³-hybridized carbons (Fsp3) is 0.353. The van der Waals surface area contributed by atoms with Crippen LogP contribution in [0.25, 0.3) is 5.65 Å².